The molecule has 0 unspecified atom stereocenters. The van der Waals surface area contributed by atoms with Gasteiger partial charge >= 0.3 is 0 Å². The third kappa shape index (κ3) is 3.59. The fraction of sp³-hybridized carbons (Fsp3) is 0.611. The second-order valence-electron chi connectivity index (χ2n) is 6.92. The number of hydrogen-bond acceptors (Lipinski definition) is 4. The van der Waals surface area contributed by atoms with Crippen LogP contribution >= 0.6 is 0 Å². The SMILES string of the molecule is CCCN1[C@@H]2CCC[C@@H]1CC(NC(=O)c1ccc([N+](=O)[O-])cc1)C2. The number of nitrogens with zero attached hydrogens (tertiary/aromatic N) is 2. The normalized spacial score (nSPS) is 26.8. The highest BCUT2D eigenvalue weighted by molar-refractivity contribution is 5.94. The van der Waals surface area contributed by atoms with Crippen molar-refractivity contribution in [1.82, 2.24) is 10.2 Å². The largest absolute Gasteiger partial charge is 0.349 e. The minimum Gasteiger partial charge on any atom is -0.349 e. The van der Waals surface area contributed by atoms with Gasteiger partial charge in [0.15, 0.2) is 0 Å². The standard InChI is InChI=1S/C18H25N3O3/c1-2-10-20-16-4-3-5-17(20)12-14(11-16)19-18(22)13-6-8-15(9-7-13)21(23)24/h6-9,14,16-17H,2-5,10-12H2,1H3,(H,19,22)/t16-,17-/m1/s1. The van der Waals surface area contributed by atoms with Crippen LogP contribution in [-0.4, -0.2) is 40.4 Å². The summed E-state index contributed by atoms with van der Waals surface area (Å²) in [6, 6.07) is 7.19. The van der Waals surface area contributed by atoms with E-state index in [2.05, 4.69) is 17.1 Å². The highest BCUT2D eigenvalue weighted by Crippen LogP contribution is 2.34. The van der Waals surface area contributed by atoms with Crippen molar-refractivity contribution >= 4 is 11.6 Å². The summed E-state index contributed by atoms with van der Waals surface area (Å²) in [7, 11) is 0. The monoisotopic (exact) mass is 331 g/mol. The number of fused-ring (bicyclic) bond motifs is 2. The summed E-state index contributed by atoms with van der Waals surface area (Å²) < 4.78 is 0. The molecular formula is C18H25N3O3. The quantitative estimate of drug-likeness (QED) is 0.664. The van der Waals surface area contributed by atoms with E-state index in [1.165, 1.54) is 49.9 Å². The van der Waals surface area contributed by atoms with Crippen LogP contribution < -0.4 is 5.32 Å². The van der Waals surface area contributed by atoms with Gasteiger partial charge in [0.2, 0.25) is 0 Å². The predicted octanol–water partition coefficient (Wildman–Crippen LogP) is 3.12. The van der Waals surface area contributed by atoms with Crippen molar-refractivity contribution in [3.8, 4) is 0 Å². The maximum Gasteiger partial charge on any atom is 0.269 e. The number of non-ortho nitro benzene ring substituents is 1. The minimum absolute atomic E-state index is 0.00829. The van der Waals surface area contributed by atoms with E-state index in [0.717, 1.165) is 19.4 Å². The van der Waals surface area contributed by atoms with Crippen LogP contribution in [0.4, 0.5) is 5.69 Å². The van der Waals surface area contributed by atoms with Gasteiger partial charge in [-0.05, 0) is 50.8 Å². The summed E-state index contributed by atoms with van der Waals surface area (Å²) in [6.45, 7) is 3.37. The van der Waals surface area contributed by atoms with Gasteiger partial charge in [-0.15, -0.1) is 0 Å². The van der Waals surface area contributed by atoms with Gasteiger partial charge in [0.25, 0.3) is 11.6 Å². The van der Waals surface area contributed by atoms with E-state index in [0.29, 0.717) is 17.6 Å². The van der Waals surface area contributed by atoms with E-state index >= 15 is 0 Å². The molecule has 6 heteroatoms. The molecule has 2 saturated heterocycles. The molecule has 0 aromatic heterocycles. The molecule has 2 bridgehead atoms. The molecule has 0 spiro atoms. The van der Waals surface area contributed by atoms with E-state index in [-0.39, 0.29) is 17.6 Å². The molecule has 1 amide bonds. The molecule has 130 valence electrons. The molecule has 2 aliphatic rings. The fourth-order valence-electron chi connectivity index (χ4n) is 4.22. The molecule has 0 saturated carbocycles. The number of nitrogens with one attached hydrogen (secondary N) is 1. The van der Waals surface area contributed by atoms with E-state index in [1.54, 1.807) is 0 Å². The van der Waals surface area contributed by atoms with Crippen LogP contribution in [0.3, 0.4) is 0 Å². The molecule has 3 rings (SSSR count). The second kappa shape index (κ2) is 7.30. The van der Waals surface area contributed by atoms with Crippen molar-refractivity contribution in [2.24, 2.45) is 0 Å². The molecular weight excluding hydrogens is 306 g/mol. The van der Waals surface area contributed by atoms with Gasteiger partial charge in [-0.25, -0.2) is 0 Å². The zero-order valence-electron chi connectivity index (χ0n) is 14.1. The Balaban J connectivity index is 1.62. The molecule has 1 N–H and O–H groups in total. The Morgan fingerprint density at radius 1 is 1.25 bits per heavy atom. The van der Waals surface area contributed by atoms with Crippen molar-refractivity contribution in [3.05, 3.63) is 39.9 Å². The van der Waals surface area contributed by atoms with Crippen LogP contribution in [0.25, 0.3) is 0 Å². The number of carbonyl (C=O) groups is 1. The first kappa shape index (κ1) is 16.9. The van der Waals surface area contributed by atoms with E-state index in [1.807, 2.05) is 0 Å². The Hall–Kier alpha value is -1.95. The Morgan fingerprint density at radius 2 is 1.88 bits per heavy atom. The molecule has 1 aromatic carbocycles. The Labute approximate surface area is 142 Å². The van der Waals surface area contributed by atoms with Gasteiger partial charge in [0.1, 0.15) is 0 Å². The van der Waals surface area contributed by atoms with Gasteiger partial charge < -0.3 is 5.32 Å². The number of piperidine rings is 2. The summed E-state index contributed by atoms with van der Waals surface area (Å²) in [5.74, 6) is -0.128. The Bertz CT molecular complexity index is 588. The van der Waals surface area contributed by atoms with Crippen molar-refractivity contribution in [1.29, 1.82) is 0 Å². The smallest absolute Gasteiger partial charge is 0.269 e. The number of hydrogen-bond donors (Lipinski definition) is 1. The maximum absolute atomic E-state index is 12.4. The van der Waals surface area contributed by atoms with Gasteiger partial charge in [-0.1, -0.05) is 13.3 Å². The van der Waals surface area contributed by atoms with Crippen LogP contribution in [0.1, 0.15) is 55.8 Å². The fourth-order valence-corrected chi connectivity index (χ4v) is 4.22. The lowest BCUT2D eigenvalue weighted by atomic mass is 9.81. The van der Waals surface area contributed by atoms with Gasteiger partial charge in [0, 0.05) is 35.8 Å². The average Bonchev–Trinajstić information content (AvgIpc) is 2.55. The number of nitro benzene ring substituents is 1. The predicted molar refractivity (Wildman–Crippen MR) is 92.0 cm³/mol. The molecule has 2 aliphatic heterocycles. The number of rotatable bonds is 5. The van der Waals surface area contributed by atoms with E-state index < -0.39 is 4.92 Å². The highest BCUT2D eigenvalue weighted by Gasteiger charge is 2.38. The molecule has 2 atom stereocenters. The molecule has 6 nitrogen and oxygen atoms in total. The molecule has 2 heterocycles. The third-order valence-electron chi connectivity index (χ3n) is 5.28. The zero-order chi connectivity index (χ0) is 17.1. The van der Waals surface area contributed by atoms with Crippen molar-refractivity contribution in [2.45, 2.75) is 63.6 Å². The zero-order valence-corrected chi connectivity index (χ0v) is 14.1. The van der Waals surface area contributed by atoms with Crippen molar-refractivity contribution in [2.75, 3.05) is 6.54 Å². The highest BCUT2D eigenvalue weighted by atomic mass is 16.6. The van der Waals surface area contributed by atoms with Gasteiger partial charge in [0.05, 0.1) is 4.92 Å². The topological polar surface area (TPSA) is 75.5 Å². The maximum atomic E-state index is 12.4. The lowest BCUT2D eigenvalue weighted by molar-refractivity contribution is -0.384. The summed E-state index contributed by atoms with van der Waals surface area (Å²) in [4.78, 5) is 25.3. The van der Waals surface area contributed by atoms with Crippen molar-refractivity contribution in [3.63, 3.8) is 0 Å². The van der Waals surface area contributed by atoms with E-state index in [4.69, 9.17) is 0 Å². The third-order valence-corrected chi connectivity index (χ3v) is 5.28. The van der Waals surface area contributed by atoms with Crippen LogP contribution in [-0.2, 0) is 0 Å². The number of amides is 1. The van der Waals surface area contributed by atoms with Gasteiger partial charge in [-0.2, -0.15) is 0 Å². The number of benzene rings is 1. The summed E-state index contributed by atoms with van der Waals surface area (Å²) in [5, 5.41) is 13.8. The first-order valence-corrected chi connectivity index (χ1v) is 8.89. The van der Waals surface area contributed by atoms with Crippen LogP contribution in [0.5, 0.6) is 0 Å². The number of carbonyl (C=O) groups excluding carboxylic acids is 1. The summed E-state index contributed by atoms with van der Waals surface area (Å²) in [5.41, 5.74) is 0.496. The molecule has 24 heavy (non-hydrogen) atoms. The Kier molecular flexibility index (Phi) is 5.14. The van der Waals surface area contributed by atoms with Gasteiger partial charge in [-0.3, -0.25) is 19.8 Å². The van der Waals surface area contributed by atoms with E-state index in [9.17, 15) is 14.9 Å². The van der Waals surface area contributed by atoms with Crippen LogP contribution in [0.2, 0.25) is 0 Å². The summed E-state index contributed by atoms with van der Waals surface area (Å²) in [6.07, 6.45) is 6.93. The second-order valence-corrected chi connectivity index (χ2v) is 6.92. The lowest BCUT2D eigenvalue weighted by Crippen LogP contribution is -2.57. The summed E-state index contributed by atoms with van der Waals surface area (Å²) >= 11 is 0. The van der Waals surface area contributed by atoms with Crippen LogP contribution in [0.15, 0.2) is 24.3 Å². The Morgan fingerprint density at radius 3 is 2.42 bits per heavy atom. The van der Waals surface area contributed by atoms with Crippen LogP contribution in [0, 0.1) is 10.1 Å². The van der Waals surface area contributed by atoms with Crippen molar-refractivity contribution < 1.29 is 9.72 Å². The molecule has 0 aliphatic carbocycles. The number of nitro groups is 1. The molecule has 0 radical (unpaired) electrons. The molecule has 2 fully saturated rings. The lowest BCUT2D eigenvalue weighted by Gasteiger charge is -2.49. The first-order chi connectivity index (χ1) is 11.6. The minimum atomic E-state index is -0.452. The average molecular weight is 331 g/mol. The molecule has 1 aromatic rings. The first-order valence-electron chi connectivity index (χ1n) is 8.89.